The van der Waals surface area contributed by atoms with Gasteiger partial charge in [0.25, 0.3) is 5.91 Å². The number of aryl methyl sites for hydroxylation is 2. The Morgan fingerprint density at radius 1 is 1.30 bits per heavy atom. The fraction of sp³-hybridized carbons (Fsp3) is 0.435. The van der Waals surface area contributed by atoms with Crippen molar-refractivity contribution >= 4 is 33.3 Å². The largest absolute Gasteiger partial charge is 0.478 e. The summed E-state index contributed by atoms with van der Waals surface area (Å²) < 4.78 is 34.1. The molecule has 33 heavy (non-hydrogen) atoms. The highest BCUT2D eigenvalue weighted by molar-refractivity contribution is 7.89. The van der Waals surface area contributed by atoms with Gasteiger partial charge in [-0.15, -0.1) is 0 Å². The predicted molar refractivity (Wildman–Crippen MR) is 124 cm³/mol. The molecule has 0 radical (unpaired) electrons. The van der Waals surface area contributed by atoms with Crippen molar-refractivity contribution in [3.8, 4) is 5.75 Å². The van der Waals surface area contributed by atoms with Crippen molar-refractivity contribution in [2.24, 2.45) is 5.92 Å². The quantitative estimate of drug-likeness (QED) is 0.691. The maximum absolute atomic E-state index is 13.5. The second kappa shape index (κ2) is 9.11. The maximum atomic E-state index is 13.5. The Morgan fingerprint density at radius 3 is 2.82 bits per heavy atom. The number of pyridine rings is 1. The van der Waals surface area contributed by atoms with Crippen molar-refractivity contribution < 1.29 is 22.7 Å². The van der Waals surface area contributed by atoms with Crippen molar-refractivity contribution in [3.63, 3.8) is 0 Å². The van der Waals surface area contributed by atoms with Crippen LogP contribution in [0.25, 0.3) is 0 Å². The first-order valence-corrected chi connectivity index (χ1v) is 12.5. The Kier molecular flexibility index (Phi) is 6.40. The lowest BCUT2D eigenvalue weighted by atomic mass is 9.99. The minimum absolute atomic E-state index is 0.0890. The zero-order valence-electron chi connectivity index (χ0n) is 18.9. The van der Waals surface area contributed by atoms with Crippen molar-refractivity contribution in [1.82, 2.24) is 9.29 Å². The summed E-state index contributed by atoms with van der Waals surface area (Å²) in [5.74, 6) is -0.175. The lowest BCUT2D eigenvalue weighted by Gasteiger charge is -2.32. The van der Waals surface area contributed by atoms with E-state index in [4.69, 9.17) is 4.74 Å². The van der Waals surface area contributed by atoms with Crippen molar-refractivity contribution in [2.45, 2.75) is 51.0 Å². The highest BCUT2D eigenvalue weighted by Crippen LogP contribution is 2.36. The van der Waals surface area contributed by atoms with Crippen molar-refractivity contribution in [2.75, 3.05) is 23.7 Å². The Bertz CT molecular complexity index is 1200. The van der Waals surface area contributed by atoms with E-state index in [0.29, 0.717) is 48.6 Å². The average molecular weight is 473 g/mol. The molecule has 176 valence electrons. The lowest BCUT2D eigenvalue weighted by molar-refractivity contribution is -0.123. The normalized spacial score (nSPS) is 21.0. The van der Waals surface area contributed by atoms with Crippen molar-refractivity contribution in [1.29, 1.82) is 0 Å². The molecule has 3 heterocycles. The molecule has 2 unspecified atom stereocenters. The van der Waals surface area contributed by atoms with E-state index in [1.807, 2.05) is 26.0 Å². The molecule has 2 aliphatic heterocycles. The third kappa shape index (κ3) is 4.72. The molecule has 1 aromatic carbocycles. The summed E-state index contributed by atoms with van der Waals surface area (Å²) in [4.78, 5) is 29.3. The summed E-state index contributed by atoms with van der Waals surface area (Å²) in [6, 6.07) is 8.44. The van der Waals surface area contributed by atoms with Crippen LogP contribution in [0.15, 0.2) is 35.2 Å². The van der Waals surface area contributed by atoms with Gasteiger partial charge in [-0.1, -0.05) is 13.0 Å². The number of ether oxygens (including phenoxy) is 1. The highest BCUT2D eigenvalue weighted by Gasteiger charge is 2.36. The Labute approximate surface area is 193 Å². The number of benzene rings is 1. The van der Waals surface area contributed by atoms with Gasteiger partial charge in [0.05, 0.1) is 16.5 Å². The Morgan fingerprint density at radius 2 is 2.09 bits per heavy atom. The summed E-state index contributed by atoms with van der Waals surface area (Å²) in [5.41, 5.74) is 1.75. The first-order valence-electron chi connectivity index (χ1n) is 11.1. The molecular weight excluding hydrogens is 444 g/mol. The summed E-state index contributed by atoms with van der Waals surface area (Å²) in [5, 5.41) is 5.58. The molecule has 10 heteroatoms. The number of aromatic nitrogens is 1. The second-order valence-corrected chi connectivity index (χ2v) is 10.4. The average Bonchev–Trinajstić information content (AvgIpc) is 2.78. The number of amides is 2. The van der Waals surface area contributed by atoms with Crippen LogP contribution in [0.4, 0.5) is 11.5 Å². The first-order chi connectivity index (χ1) is 15.7. The molecular formula is C23H28N4O5S. The monoisotopic (exact) mass is 472 g/mol. The number of nitrogens with zero attached hydrogens (tertiary/aromatic N) is 2. The van der Waals surface area contributed by atoms with Crippen LogP contribution in [0.5, 0.6) is 5.75 Å². The van der Waals surface area contributed by atoms with E-state index in [1.165, 1.54) is 10.4 Å². The van der Waals surface area contributed by atoms with E-state index in [-0.39, 0.29) is 23.3 Å². The van der Waals surface area contributed by atoms with Gasteiger partial charge in [-0.3, -0.25) is 9.59 Å². The van der Waals surface area contributed by atoms with Crippen LogP contribution in [-0.2, 0) is 19.6 Å². The molecule has 4 rings (SSSR count). The smallest absolute Gasteiger partial charge is 0.265 e. The molecule has 2 aliphatic rings. The van der Waals surface area contributed by atoms with E-state index >= 15 is 0 Å². The van der Waals surface area contributed by atoms with Gasteiger partial charge in [-0.05, 0) is 56.9 Å². The third-order valence-electron chi connectivity index (χ3n) is 5.98. The Hall–Kier alpha value is -2.98. The molecule has 2 N–H and O–H groups in total. The van der Waals surface area contributed by atoms with Crippen LogP contribution in [0.1, 0.15) is 37.4 Å². The summed E-state index contributed by atoms with van der Waals surface area (Å²) >= 11 is 0. The number of nitrogens with one attached hydrogen (secondary N) is 2. The molecule has 9 nitrogen and oxygen atoms in total. The number of fused-ring (bicyclic) bond motifs is 1. The second-order valence-electron chi connectivity index (χ2n) is 8.47. The molecule has 1 saturated heterocycles. The number of carbonyl (C=O) groups is 2. The van der Waals surface area contributed by atoms with E-state index < -0.39 is 22.0 Å². The molecule has 0 bridgehead atoms. The zero-order valence-corrected chi connectivity index (χ0v) is 19.7. The van der Waals surface area contributed by atoms with E-state index in [1.54, 1.807) is 19.1 Å². The van der Waals surface area contributed by atoms with Gasteiger partial charge in [0, 0.05) is 24.8 Å². The molecule has 2 atom stereocenters. The molecule has 0 saturated carbocycles. The minimum atomic E-state index is -3.86. The topological polar surface area (TPSA) is 118 Å². The number of rotatable bonds is 5. The van der Waals surface area contributed by atoms with Crippen LogP contribution in [-0.4, -0.2) is 48.7 Å². The summed E-state index contributed by atoms with van der Waals surface area (Å²) in [7, 11) is -3.86. The summed E-state index contributed by atoms with van der Waals surface area (Å²) in [6.07, 6.45) is 0.988. The molecule has 1 fully saturated rings. The van der Waals surface area contributed by atoms with E-state index in [2.05, 4.69) is 15.6 Å². The van der Waals surface area contributed by atoms with Gasteiger partial charge in [0.2, 0.25) is 15.9 Å². The van der Waals surface area contributed by atoms with Crippen LogP contribution in [0, 0.1) is 19.8 Å². The number of hydrogen-bond acceptors (Lipinski definition) is 6. The standard InChI is InChI=1S/C23H28N4O5S/c1-4-18-23(29)25-17-11-14(2)20(12-19(17)32-18)33(30,31)27-10-6-8-16(13-27)22(28)26-21-9-5-7-15(3)24-21/h5,7,9,11-12,16,18H,4,6,8,10,13H2,1-3H3,(H,25,29)(H,24,26,28). The molecule has 0 aliphatic carbocycles. The van der Waals surface area contributed by atoms with E-state index in [0.717, 1.165) is 5.69 Å². The van der Waals surface area contributed by atoms with Gasteiger partial charge in [-0.2, -0.15) is 4.31 Å². The third-order valence-corrected chi connectivity index (χ3v) is 7.99. The van der Waals surface area contributed by atoms with Crippen molar-refractivity contribution in [3.05, 3.63) is 41.6 Å². The van der Waals surface area contributed by atoms with Gasteiger partial charge in [0.1, 0.15) is 11.6 Å². The maximum Gasteiger partial charge on any atom is 0.265 e. The fourth-order valence-corrected chi connectivity index (χ4v) is 5.93. The van der Waals surface area contributed by atoms with Crippen LogP contribution >= 0.6 is 0 Å². The first kappa shape index (κ1) is 23.2. The van der Waals surface area contributed by atoms with Gasteiger partial charge in [0.15, 0.2) is 6.10 Å². The van der Waals surface area contributed by atoms with Gasteiger partial charge < -0.3 is 15.4 Å². The molecule has 1 aromatic heterocycles. The lowest BCUT2D eigenvalue weighted by Crippen LogP contribution is -2.44. The number of hydrogen-bond donors (Lipinski definition) is 2. The van der Waals surface area contributed by atoms with E-state index in [9.17, 15) is 18.0 Å². The molecule has 0 spiro atoms. The Balaban J connectivity index is 1.55. The number of sulfonamides is 1. The van der Waals surface area contributed by atoms with Gasteiger partial charge in [-0.25, -0.2) is 13.4 Å². The highest BCUT2D eigenvalue weighted by atomic mass is 32.2. The molecule has 2 aromatic rings. The summed E-state index contributed by atoms with van der Waals surface area (Å²) in [6.45, 7) is 5.77. The number of piperidine rings is 1. The number of anilines is 2. The zero-order chi connectivity index (χ0) is 23.8. The molecule has 2 amide bonds. The van der Waals surface area contributed by atoms with Crippen LogP contribution in [0.3, 0.4) is 0 Å². The minimum Gasteiger partial charge on any atom is -0.478 e. The van der Waals surface area contributed by atoms with Crippen LogP contribution in [0.2, 0.25) is 0 Å². The predicted octanol–water partition coefficient (Wildman–Crippen LogP) is 2.85. The SMILES string of the molecule is CCC1Oc2cc(S(=O)(=O)N3CCCC(C(=O)Nc4cccc(C)n4)C3)c(C)cc2NC1=O. The van der Waals surface area contributed by atoms with Gasteiger partial charge >= 0.3 is 0 Å². The fourth-order valence-electron chi connectivity index (χ4n) is 4.19. The number of carbonyl (C=O) groups excluding carboxylic acids is 2. The van der Waals surface area contributed by atoms with Crippen LogP contribution < -0.4 is 15.4 Å².